The van der Waals surface area contributed by atoms with Gasteiger partial charge < -0.3 is 4.52 Å². The van der Waals surface area contributed by atoms with Gasteiger partial charge in [-0.3, -0.25) is 13.9 Å². The van der Waals surface area contributed by atoms with Crippen LogP contribution >= 0.6 is 7.60 Å². The number of rotatable bonds is 7. The molecule has 0 rings (SSSR count). The van der Waals surface area contributed by atoms with Crippen molar-refractivity contribution in [1.29, 1.82) is 0 Å². The lowest BCUT2D eigenvalue weighted by molar-refractivity contribution is -0.132. The summed E-state index contributed by atoms with van der Waals surface area (Å²) in [6.45, 7) is 13.3. The van der Waals surface area contributed by atoms with Crippen LogP contribution in [0.4, 0.5) is 0 Å². The Labute approximate surface area is 117 Å². The summed E-state index contributed by atoms with van der Waals surface area (Å²) in [5.74, 6) is -0.163. The van der Waals surface area contributed by atoms with Gasteiger partial charge in [-0.15, -0.1) is 0 Å². The summed E-state index contributed by atoms with van der Waals surface area (Å²) in [5, 5.41) is -0.0798. The maximum Gasteiger partial charge on any atom is 0.366 e. The molecule has 0 aromatic carbocycles. The molecule has 0 aliphatic carbocycles. The third-order valence-electron chi connectivity index (χ3n) is 3.70. The molecular weight excluding hydrogens is 283 g/mol. The summed E-state index contributed by atoms with van der Waals surface area (Å²) in [6, 6.07) is 0. The van der Waals surface area contributed by atoms with Crippen LogP contribution < -0.4 is 0 Å². The van der Waals surface area contributed by atoms with Gasteiger partial charge in [-0.05, 0) is 25.1 Å². The Hall–Kier alpha value is -0.00312. The van der Waals surface area contributed by atoms with E-state index in [1.54, 1.807) is 13.8 Å². The third kappa shape index (κ3) is 4.79. The van der Waals surface area contributed by atoms with E-state index in [-0.39, 0.29) is 17.2 Å². The van der Waals surface area contributed by atoms with Gasteiger partial charge in [-0.1, -0.05) is 27.7 Å². The van der Waals surface area contributed by atoms with Gasteiger partial charge in [-0.25, -0.2) is 0 Å². The van der Waals surface area contributed by atoms with Crippen LogP contribution in [0.1, 0.15) is 41.0 Å². The van der Waals surface area contributed by atoms with E-state index in [0.29, 0.717) is 0 Å². The molecule has 0 bridgehead atoms. The number of ketones is 1. The van der Waals surface area contributed by atoms with Gasteiger partial charge in [0.05, 0.1) is 0 Å². The van der Waals surface area contributed by atoms with Gasteiger partial charge in [-0.2, -0.15) is 4.67 Å². The van der Waals surface area contributed by atoms with E-state index in [4.69, 9.17) is 13.8 Å². The highest BCUT2D eigenvalue weighted by molar-refractivity contribution is 7.55. The second kappa shape index (κ2) is 6.63. The summed E-state index contributed by atoms with van der Waals surface area (Å²) in [5.41, 5.74) is -0.813. The van der Waals surface area contributed by atoms with E-state index in [9.17, 15) is 9.36 Å². The van der Waals surface area contributed by atoms with E-state index in [1.165, 1.54) is 7.11 Å². The van der Waals surface area contributed by atoms with Crippen molar-refractivity contribution in [2.45, 2.75) is 64.8 Å². The predicted molar refractivity (Wildman–Crippen MR) is 78.7 cm³/mol. The van der Waals surface area contributed by atoms with Crippen LogP contribution in [-0.2, 0) is 23.1 Å². The lowest BCUT2D eigenvalue weighted by Crippen LogP contribution is -2.40. The second-order valence-electron chi connectivity index (χ2n) is 6.14. The number of Topliss-reactive ketones (excluding diaryl/α,β-unsaturated/α-hetero) is 1. The zero-order chi connectivity index (χ0) is 15.5. The van der Waals surface area contributed by atoms with Crippen molar-refractivity contribution >= 4 is 21.7 Å². The van der Waals surface area contributed by atoms with Gasteiger partial charge in [0.25, 0.3) is 0 Å². The molecule has 7 heteroatoms. The van der Waals surface area contributed by atoms with Crippen molar-refractivity contribution in [3.8, 4) is 0 Å². The summed E-state index contributed by atoms with van der Waals surface area (Å²) in [7, 11) is -4.50. The van der Waals surface area contributed by atoms with Crippen molar-refractivity contribution in [3.05, 3.63) is 0 Å². The van der Waals surface area contributed by atoms with Crippen LogP contribution in [0.5, 0.6) is 0 Å². The van der Waals surface area contributed by atoms with Gasteiger partial charge in [0.15, 0.2) is 0 Å². The number of hydrogen-bond acceptors (Lipinski definition) is 5. The molecule has 1 unspecified atom stereocenters. The molecule has 0 amide bonds. The smallest absolute Gasteiger partial charge is 0.310 e. The summed E-state index contributed by atoms with van der Waals surface area (Å²) in [4.78, 5) is 11.7. The van der Waals surface area contributed by atoms with Gasteiger partial charge >= 0.3 is 7.60 Å². The zero-order valence-electron chi connectivity index (χ0n) is 13.3. The van der Waals surface area contributed by atoms with Crippen molar-refractivity contribution in [1.82, 2.24) is 0 Å². The highest BCUT2D eigenvalue weighted by atomic mass is 31.2. The van der Waals surface area contributed by atoms with Crippen LogP contribution in [0, 0.1) is 0 Å². The fraction of sp³-hybridized carbons (Fsp3) is 0.917. The number of carbonyl (C=O) groups is 1. The molecule has 114 valence electrons. The quantitative estimate of drug-likeness (QED) is 0.306. The molecule has 19 heavy (non-hydrogen) atoms. The predicted octanol–water partition coefficient (Wildman–Crippen LogP) is 4.15. The molecule has 0 aliphatic heterocycles. The Bertz CT molecular complexity index is 362. The molecule has 0 heterocycles. The Morgan fingerprint density at radius 1 is 1.32 bits per heavy atom. The SMILES string of the molecule is CCC(=O)[C@@H](C)P(=O)(OC)OO[Si](C)(C)C(C)(C)C. The minimum atomic E-state index is -3.57. The third-order valence-corrected chi connectivity index (χ3v) is 9.98. The Morgan fingerprint density at radius 2 is 1.79 bits per heavy atom. The lowest BCUT2D eigenvalue weighted by atomic mass is 10.2. The maximum absolute atomic E-state index is 12.5. The van der Waals surface area contributed by atoms with Crippen LogP contribution in [0.25, 0.3) is 0 Å². The summed E-state index contributed by atoms with van der Waals surface area (Å²) < 4.78 is 28.0. The molecule has 0 saturated carbocycles. The molecule has 0 aromatic heterocycles. The number of carbonyl (C=O) groups excluding carboxylic acids is 1. The molecule has 5 nitrogen and oxygen atoms in total. The first kappa shape index (κ1) is 19.0. The largest absolute Gasteiger partial charge is 0.366 e. The van der Waals surface area contributed by atoms with Crippen molar-refractivity contribution in [2.75, 3.05) is 7.11 Å². The van der Waals surface area contributed by atoms with Crippen LogP contribution in [-0.4, -0.2) is 26.9 Å². The van der Waals surface area contributed by atoms with Crippen molar-refractivity contribution in [2.24, 2.45) is 0 Å². The molecule has 0 saturated heterocycles. The first-order chi connectivity index (χ1) is 8.41. The summed E-state index contributed by atoms with van der Waals surface area (Å²) in [6.07, 6.45) is 0.290. The topological polar surface area (TPSA) is 61.8 Å². The molecule has 2 atom stereocenters. The van der Waals surface area contributed by atoms with Gasteiger partial charge in [0.2, 0.25) is 8.32 Å². The fourth-order valence-corrected chi connectivity index (χ4v) is 3.45. The summed E-state index contributed by atoms with van der Waals surface area (Å²) >= 11 is 0. The fourth-order valence-electron chi connectivity index (χ4n) is 0.995. The molecule has 0 radical (unpaired) electrons. The standard InChI is InChI=1S/C12H27O5PSi/c1-9-11(13)10(2)18(14,15-6)16-17-19(7,8)12(3,4)5/h10H,9H2,1-8H3/t10-,18?/m1/s1. The average molecular weight is 310 g/mol. The van der Waals surface area contributed by atoms with E-state index >= 15 is 0 Å². The van der Waals surface area contributed by atoms with Gasteiger partial charge in [0.1, 0.15) is 11.4 Å². The molecular formula is C12H27O5PSi. The Kier molecular flexibility index (Phi) is 6.63. The van der Waals surface area contributed by atoms with E-state index in [1.807, 2.05) is 33.9 Å². The Morgan fingerprint density at radius 3 is 2.11 bits per heavy atom. The zero-order valence-corrected chi connectivity index (χ0v) is 15.2. The Balaban J connectivity index is 4.93. The number of hydrogen-bond donors (Lipinski definition) is 0. The van der Waals surface area contributed by atoms with Crippen LogP contribution in [0.3, 0.4) is 0 Å². The molecule has 0 aromatic rings. The van der Waals surface area contributed by atoms with Crippen LogP contribution in [0.15, 0.2) is 0 Å². The molecule has 0 aliphatic rings. The first-order valence-corrected chi connectivity index (χ1v) is 11.0. The van der Waals surface area contributed by atoms with E-state index < -0.39 is 21.6 Å². The highest BCUT2D eigenvalue weighted by Gasteiger charge is 2.44. The van der Waals surface area contributed by atoms with Crippen molar-refractivity contribution in [3.63, 3.8) is 0 Å². The van der Waals surface area contributed by atoms with Crippen LogP contribution in [0.2, 0.25) is 18.1 Å². The maximum atomic E-state index is 12.5. The molecule has 0 N–H and O–H groups in total. The van der Waals surface area contributed by atoms with E-state index in [0.717, 1.165) is 0 Å². The normalized spacial score (nSPS) is 17.9. The molecule has 0 spiro atoms. The first-order valence-electron chi connectivity index (χ1n) is 6.47. The minimum Gasteiger partial charge on any atom is -0.310 e. The van der Waals surface area contributed by atoms with Crippen molar-refractivity contribution < 1.29 is 23.1 Å². The lowest BCUT2D eigenvalue weighted by Gasteiger charge is -2.35. The minimum absolute atomic E-state index is 0.0798. The average Bonchev–Trinajstić information content (AvgIpc) is 2.32. The highest BCUT2D eigenvalue weighted by Crippen LogP contribution is 2.54. The second-order valence-corrected chi connectivity index (χ2v) is 13.2. The monoisotopic (exact) mass is 310 g/mol. The molecule has 0 fully saturated rings. The van der Waals surface area contributed by atoms with E-state index in [2.05, 4.69) is 0 Å². The van der Waals surface area contributed by atoms with Gasteiger partial charge in [0, 0.05) is 13.5 Å².